The summed E-state index contributed by atoms with van der Waals surface area (Å²) in [4.78, 5) is 0. The molecule has 6 heteroatoms. The van der Waals surface area contributed by atoms with Crippen LogP contribution in [0.25, 0.3) is 0 Å². The molecule has 1 aliphatic heterocycles. The van der Waals surface area contributed by atoms with E-state index in [1.165, 1.54) is 0 Å². The summed E-state index contributed by atoms with van der Waals surface area (Å²) >= 11 is 6.36. The van der Waals surface area contributed by atoms with Crippen molar-refractivity contribution >= 4 is 32.4 Å². The molecule has 2 rings (SSSR count). The predicted octanol–water partition coefficient (Wildman–Crippen LogP) is 3.12. The summed E-state index contributed by atoms with van der Waals surface area (Å²) in [5.41, 5.74) is 0.271. The standard InChI is InChI=1S/C13H23BClNO2Si/c1-12(2)13(3,4)18-14(17-12)10-8-16(9-11(10)15)19(5,6)7/h8-9H,1-7H3. The van der Waals surface area contributed by atoms with Gasteiger partial charge in [0, 0.05) is 11.7 Å². The van der Waals surface area contributed by atoms with Gasteiger partial charge < -0.3 is 13.5 Å². The molecule has 19 heavy (non-hydrogen) atoms. The topological polar surface area (TPSA) is 23.4 Å². The molecule has 2 heterocycles. The lowest BCUT2D eigenvalue weighted by atomic mass is 9.81. The van der Waals surface area contributed by atoms with E-state index < -0.39 is 8.24 Å². The Bertz CT molecular complexity index is 477. The molecule has 0 unspecified atom stereocenters. The van der Waals surface area contributed by atoms with Crippen molar-refractivity contribution in [2.75, 3.05) is 0 Å². The minimum atomic E-state index is -1.45. The van der Waals surface area contributed by atoms with E-state index in [0.717, 1.165) is 10.5 Å². The van der Waals surface area contributed by atoms with Crippen molar-refractivity contribution in [1.29, 1.82) is 0 Å². The number of rotatable bonds is 2. The van der Waals surface area contributed by atoms with Crippen molar-refractivity contribution in [3.8, 4) is 0 Å². The zero-order valence-electron chi connectivity index (χ0n) is 12.9. The van der Waals surface area contributed by atoms with Gasteiger partial charge in [0.05, 0.1) is 16.2 Å². The Kier molecular flexibility index (Phi) is 3.50. The zero-order valence-corrected chi connectivity index (χ0v) is 14.6. The van der Waals surface area contributed by atoms with Crippen LogP contribution in [0, 0.1) is 0 Å². The molecule has 0 amide bonds. The minimum absolute atomic E-state index is 0.331. The summed E-state index contributed by atoms with van der Waals surface area (Å²) < 4.78 is 14.3. The molecule has 1 saturated heterocycles. The van der Waals surface area contributed by atoms with Gasteiger partial charge in [-0.05, 0) is 33.9 Å². The van der Waals surface area contributed by atoms with E-state index >= 15 is 0 Å². The van der Waals surface area contributed by atoms with E-state index in [1.54, 1.807) is 0 Å². The molecule has 1 aromatic heterocycles. The number of aromatic nitrogens is 1. The first-order valence-electron chi connectivity index (χ1n) is 6.67. The third-order valence-electron chi connectivity index (χ3n) is 4.09. The smallest absolute Gasteiger partial charge is 0.399 e. The van der Waals surface area contributed by atoms with Gasteiger partial charge in [0.15, 0.2) is 8.24 Å². The van der Waals surface area contributed by atoms with Crippen LogP contribution in [0.2, 0.25) is 24.7 Å². The van der Waals surface area contributed by atoms with Crippen molar-refractivity contribution in [2.24, 2.45) is 0 Å². The van der Waals surface area contributed by atoms with Crippen molar-refractivity contribution in [3.63, 3.8) is 0 Å². The van der Waals surface area contributed by atoms with Crippen LogP contribution in [0.3, 0.4) is 0 Å². The van der Waals surface area contributed by atoms with Gasteiger partial charge in [0.1, 0.15) is 0 Å². The SMILES string of the molecule is CC1(C)OB(c2cn([Si](C)(C)C)cc2Cl)OC1(C)C. The van der Waals surface area contributed by atoms with Crippen molar-refractivity contribution < 1.29 is 9.31 Å². The second-order valence-corrected chi connectivity index (χ2v) is 12.5. The van der Waals surface area contributed by atoms with Crippen molar-refractivity contribution in [2.45, 2.75) is 58.5 Å². The molecule has 0 saturated carbocycles. The average molecular weight is 300 g/mol. The molecule has 0 atom stereocenters. The second kappa shape index (κ2) is 4.38. The fourth-order valence-electron chi connectivity index (χ4n) is 1.98. The highest BCUT2D eigenvalue weighted by Gasteiger charge is 2.52. The molecule has 0 aliphatic carbocycles. The Morgan fingerprint density at radius 3 is 1.89 bits per heavy atom. The largest absolute Gasteiger partial charge is 0.497 e. The van der Waals surface area contributed by atoms with Gasteiger partial charge in [-0.2, -0.15) is 0 Å². The fourth-order valence-corrected chi connectivity index (χ4v) is 3.34. The summed E-state index contributed by atoms with van der Waals surface area (Å²) in [6.45, 7) is 15.0. The molecule has 0 spiro atoms. The summed E-state index contributed by atoms with van der Waals surface area (Å²) in [5, 5.41) is 0.723. The highest BCUT2D eigenvalue weighted by molar-refractivity contribution is 6.75. The normalized spacial score (nSPS) is 22.0. The number of hydrogen-bond acceptors (Lipinski definition) is 2. The van der Waals surface area contributed by atoms with E-state index in [2.05, 4.69) is 57.8 Å². The van der Waals surface area contributed by atoms with Crippen LogP contribution in [0.5, 0.6) is 0 Å². The molecule has 1 aromatic rings. The van der Waals surface area contributed by atoms with Gasteiger partial charge >= 0.3 is 7.12 Å². The molecular weight excluding hydrogens is 276 g/mol. The van der Waals surface area contributed by atoms with Crippen LogP contribution >= 0.6 is 11.6 Å². The molecule has 106 valence electrons. The molecule has 3 nitrogen and oxygen atoms in total. The highest BCUT2D eigenvalue weighted by Crippen LogP contribution is 2.37. The van der Waals surface area contributed by atoms with Crippen LogP contribution in [-0.2, 0) is 9.31 Å². The molecular formula is C13H23BClNO2Si. The van der Waals surface area contributed by atoms with E-state index in [9.17, 15) is 0 Å². The highest BCUT2D eigenvalue weighted by atomic mass is 35.5. The van der Waals surface area contributed by atoms with Gasteiger partial charge in [-0.1, -0.05) is 31.2 Å². The Balaban J connectivity index is 2.33. The quantitative estimate of drug-likeness (QED) is 0.783. The first-order chi connectivity index (χ1) is 8.44. The Morgan fingerprint density at radius 1 is 1.05 bits per heavy atom. The van der Waals surface area contributed by atoms with E-state index in [0.29, 0.717) is 0 Å². The molecule has 0 radical (unpaired) electrons. The molecule has 1 fully saturated rings. The lowest BCUT2D eigenvalue weighted by Gasteiger charge is -2.32. The third kappa shape index (κ3) is 2.66. The lowest BCUT2D eigenvalue weighted by Crippen LogP contribution is -2.41. The van der Waals surface area contributed by atoms with Crippen LogP contribution in [0.4, 0.5) is 0 Å². The average Bonchev–Trinajstić information content (AvgIpc) is 2.65. The van der Waals surface area contributed by atoms with Crippen LogP contribution in [0.15, 0.2) is 12.4 Å². The van der Waals surface area contributed by atoms with Gasteiger partial charge in [0.25, 0.3) is 0 Å². The van der Waals surface area contributed by atoms with E-state index in [-0.39, 0.29) is 18.3 Å². The van der Waals surface area contributed by atoms with Gasteiger partial charge in [-0.25, -0.2) is 0 Å². The Hall–Kier alpha value is -0.228. The maximum atomic E-state index is 6.36. The van der Waals surface area contributed by atoms with E-state index in [1.807, 2.05) is 6.20 Å². The first kappa shape index (κ1) is 15.2. The zero-order chi connectivity index (χ0) is 14.6. The maximum absolute atomic E-state index is 6.36. The van der Waals surface area contributed by atoms with Gasteiger partial charge in [-0.15, -0.1) is 0 Å². The minimum Gasteiger partial charge on any atom is -0.399 e. The second-order valence-electron chi connectivity index (χ2n) is 7.23. The lowest BCUT2D eigenvalue weighted by molar-refractivity contribution is 0.00578. The molecule has 0 N–H and O–H groups in total. The Morgan fingerprint density at radius 2 is 1.53 bits per heavy atom. The van der Waals surface area contributed by atoms with Crippen molar-refractivity contribution in [1.82, 2.24) is 4.23 Å². The summed E-state index contributed by atoms with van der Waals surface area (Å²) in [6.07, 6.45) is 4.07. The number of halogens is 1. The number of hydrogen-bond donors (Lipinski definition) is 0. The van der Waals surface area contributed by atoms with Crippen LogP contribution < -0.4 is 5.46 Å². The van der Waals surface area contributed by atoms with Gasteiger partial charge in [0.2, 0.25) is 0 Å². The van der Waals surface area contributed by atoms with Gasteiger partial charge in [-0.3, -0.25) is 0 Å². The molecule has 1 aliphatic rings. The van der Waals surface area contributed by atoms with Crippen LogP contribution in [-0.4, -0.2) is 30.8 Å². The maximum Gasteiger partial charge on any atom is 0.497 e. The fraction of sp³-hybridized carbons (Fsp3) is 0.692. The number of nitrogens with zero attached hydrogens (tertiary/aromatic N) is 1. The monoisotopic (exact) mass is 299 g/mol. The molecule has 0 aromatic carbocycles. The Labute approximate surface area is 122 Å². The predicted molar refractivity (Wildman–Crippen MR) is 83.9 cm³/mol. The summed E-state index contributed by atoms with van der Waals surface area (Å²) in [6, 6.07) is 0. The van der Waals surface area contributed by atoms with Crippen LogP contribution in [0.1, 0.15) is 27.7 Å². The molecule has 0 bridgehead atoms. The summed E-state index contributed by atoms with van der Waals surface area (Å²) in [5.74, 6) is 0. The summed E-state index contributed by atoms with van der Waals surface area (Å²) in [7, 11) is -1.82. The first-order valence-corrected chi connectivity index (χ1v) is 10.5. The third-order valence-corrected chi connectivity index (χ3v) is 6.21. The van der Waals surface area contributed by atoms with E-state index in [4.69, 9.17) is 20.9 Å². The van der Waals surface area contributed by atoms with Crippen molar-refractivity contribution in [3.05, 3.63) is 17.4 Å².